The number of rotatable bonds is 7. The third-order valence-corrected chi connectivity index (χ3v) is 3.03. The van der Waals surface area contributed by atoms with Crippen LogP contribution in [0, 0.1) is 10.1 Å². The highest BCUT2D eigenvalue weighted by atomic mass is 16.6. The van der Waals surface area contributed by atoms with Gasteiger partial charge in [0.15, 0.2) is 0 Å². The van der Waals surface area contributed by atoms with E-state index in [1.807, 2.05) is 6.92 Å². The number of aliphatic hydroxyl groups excluding tert-OH is 1. The van der Waals surface area contributed by atoms with Gasteiger partial charge in [-0.2, -0.15) is 0 Å². The molecule has 0 fully saturated rings. The fourth-order valence-electron chi connectivity index (χ4n) is 2.07. The quantitative estimate of drug-likeness (QED) is 0.608. The number of nitro benzene ring substituents is 1. The van der Waals surface area contributed by atoms with Gasteiger partial charge in [0.2, 0.25) is 0 Å². The van der Waals surface area contributed by atoms with Crippen LogP contribution in [0.15, 0.2) is 18.2 Å². The summed E-state index contributed by atoms with van der Waals surface area (Å²) in [6.07, 6.45) is 0.801. The van der Waals surface area contributed by atoms with Gasteiger partial charge in [0.05, 0.1) is 11.5 Å². The van der Waals surface area contributed by atoms with Crippen molar-refractivity contribution in [2.24, 2.45) is 0 Å². The highest BCUT2D eigenvalue weighted by Crippen LogP contribution is 2.29. The number of carbonyl (C=O) groups excluding carboxylic acids is 1. The van der Waals surface area contributed by atoms with E-state index in [1.165, 1.54) is 11.0 Å². The molecular weight excluding hydrogens is 274 g/mol. The van der Waals surface area contributed by atoms with E-state index < -0.39 is 4.92 Å². The lowest BCUT2D eigenvalue weighted by Crippen LogP contribution is -2.28. The van der Waals surface area contributed by atoms with Gasteiger partial charge in [-0.15, -0.1) is 0 Å². The first-order valence-electron chi connectivity index (χ1n) is 6.78. The Kier molecular flexibility index (Phi) is 6.10. The van der Waals surface area contributed by atoms with E-state index in [1.54, 1.807) is 31.1 Å². The minimum absolute atomic E-state index is 0.0878. The first-order valence-corrected chi connectivity index (χ1v) is 6.78. The Morgan fingerprint density at radius 2 is 2.00 bits per heavy atom. The molecule has 0 saturated heterocycles. The molecule has 1 aromatic rings. The number of hydrogen-bond acceptors (Lipinski definition) is 5. The molecule has 0 spiro atoms. The number of hydrogen-bond donors (Lipinski definition) is 1. The van der Waals surface area contributed by atoms with Gasteiger partial charge in [-0.1, -0.05) is 6.92 Å². The van der Waals surface area contributed by atoms with Crippen molar-refractivity contribution in [3.05, 3.63) is 33.9 Å². The summed E-state index contributed by atoms with van der Waals surface area (Å²) in [7, 11) is 3.19. The zero-order valence-corrected chi connectivity index (χ0v) is 12.6. The maximum Gasteiger partial charge on any atom is 0.293 e. The van der Waals surface area contributed by atoms with Crippen LogP contribution in [0.5, 0.6) is 0 Å². The van der Waals surface area contributed by atoms with Crippen LogP contribution in [-0.2, 0) is 0 Å². The van der Waals surface area contributed by atoms with Gasteiger partial charge in [-0.3, -0.25) is 14.9 Å². The molecule has 0 unspecified atom stereocenters. The van der Waals surface area contributed by atoms with E-state index >= 15 is 0 Å². The molecule has 0 aliphatic heterocycles. The third kappa shape index (κ3) is 4.16. The number of nitro groups is 1. The monoisotopic (exact) mass is 295 g/mol. The Labute approximate surface area is 123 Å². The molecule has 7 nitrogen and oxygen atoms in total. The molecule has 0 saturated carbocycles. The number of amides is 1. The number of benzene rings is 1. The van der Waals surface area contributed by atoms with Gasteiger partial charge in [0.1, 0.15) is 5.69 Å². The maximum atomic E-state index is 11.9. The fourth-order valence-corrected chi connectivity index (χ4v) is 2.07. The predicted molar refractivity (Wildman–Crippen MR) is 80.7 cm³/mol. The summed E-state index contributed by atoms with van der Waals surface area (Å²) in [6, 6.07) is 4.43. The molecule has 0 aliphatic rings. The summed E-state index contributed by atoms with van der Waals surface area (Å²) in [5.41, 5.74) is 0.576. The van der Waals surface area contributed by atoms with E-state index in [-0.39, 0.29) is 23.8 Å². The first-order chi connectivity index (χ1) is 9.92. The molecule has 1 rings (SSSR count). The molecular formula is C14H21N3O4. The smallest absolute Gasteiger partial charge is 0.293 e. The molecule has 21 heavy (non-hydrogen) atoms. The normalized spacial score (nSPS) is 10.3. The number of carbonyl (C=O) groups is 1. The van der Waals surface area contributed by atoms with Crippen molar-refractivity contribution < 1.29 is 14.8 Å². The van der Waals surface area contributed by atoms with Gasteiger partial charge >= 0.3 is 0 Å². The van der Waals surface area contributed by atoms with E-state index in [2.05, 4.69) is 0 Å². The molecule has 0 bridgehead atoms. The van der Waals surface area contributed by atoms with Crippen LogP contribution >= 0.6 is 0 Å². The van der Waals surface area contributed by atoms with E-state index in [4.69, 9.17) is 5.11 Å². The van der Waals surface area contributed by atoms with Crippen molar-refractivity contribution in [3.8, 4) is 0 Å². The molecule has 1 N–H and O–H groups in total. The summed E-state index contributed by atoms with van der Waals surface area (Å²) in [6.45, 7) is 2.79. The Morgan fingerprint density at radius 1 is 1.33 bits per heavy atom. The SMILES string of the molecule is CCCN(CCO)c1ccc(C(=O)N(C)C)cc1[N+](=O)[O-]. The fraction of sp³-hybridized carbons (Fsp3) is 0.500. The average Bonchev–Trinajstić information content (AvgIpc) is 2.45. The van der Waals surface area contributed by atoms with Crippen LogP contribution in [0.3, 0.4) is 0 Å². The third-order valence-electron chi connectivity index (χ3n) is 3.03. The van der Waals surface area contributed by atoms with E-state index in [9.17, 15) is 14.9 Å². The van der Waals surface area contributed by atoms with Gasteiger partial charge < -0.3 is 14.9 Å². The minimum atomic E-state index is -0.498. The predicted octanol–water partition coefficient (Wildman–Crippen LogP) is 1.51. The van der Waals surface area contributed by atoms with Crippen molar-refractivity contribution in [3.63, 3.8) is 0 Å². The Balaban J connectivity index is 3.26. The maximum absolute atomic E-state index is 11.9. The van der Waals surface area contributed by atoms with Crippen LogP contribution in [0.25, 0.3) is 0 Å². The van der Waals surface area contributed by atoms with Crippen molar-refractivity contribution in [1.29, 1.82) is 0 Å². The molecule has 7 heteroatoms. The first kappa shape index (κ1) is 16.9. The molecule has 0 heterocycles. The number of anilines is 1. The zero-order chi connectivity index (χ0) is 16.0. The highest BCUT2D eigenvalue weighted by Gasteiger charge is 2.21. The lowest BCUT2D eigenvalue weighted by molar-refractivity contribution is -0.384. The summed E-state index contributed by atoms with van der Waals surface area (Å²) >= 11 is 0. The van der Waals surface area contributed by atoms with Crippen molar-refractivity contribution in [2.75, 3.05) is 38.7 Å². The molecule has 0 aromatic heterocycles. The summed E-state index contributed by atoms with van der Waals surface area (Å²) in [4.78, 5) is 25.8. The van der Waals surface area contributed by atoms with Crippen LogP contribution in [0.1, 0.15) is 23.7 Å². The lowest BCUT2D eigenvalue weighted by atomic mass is 10.1. The van der Waals surface area contributed by atoms with Crippen LogP contribution in [0.4, 0.5) is 11.4 Å². The van der Waals surface area contributed by atoms with Gasteiger partial charge in [-0.05, 0) is 18.6 Å². The van der Waals surface area contributed by atoms with Crippen molar-refractivity contribution in [2.45, 2.75) is 13.3 Å². The molecule has 0 atom stereocenters. The van der Waals surface area contributed by atoms with Gasteiger partial charge in [0, 0.05) is 38.8 Å². The average molecular weight is 295 g/mol. The minimum Gasteiger partial charge on any atom is -0.395 e. The summed E-state index contributed by atoms with van der Waals surface area (Å²) in [5.74, 6) is -0.283. The largest absolute Gasteiger partial charge is 0.395 e. The van der Waals surface area contributed by atoms with E-state index in [0.717, 1.165) is 6.42 Å². The molecule has 1 amide bonds. The highest BCUT2D eigenvalue weighted by molar-refractivity contribution is 5.95. The summed E-state index contributed by atoms with van der Waals surface area (Å²) < 4.78 is 0. The second-order valence-corrected chi connectivity index (χ2v) is 4.87. The lowest BCUT2D eigenvalue weighted by Gasteiger charge is -2.23. The Morgan fingerprint density at radius 3 is 2.48 bits per heavy atom. The summed E-state index contributed by atoms with van der Waals surface area (Å²) in [5, 5.41) is 20.4. The standard InChI is InChI=1S/C14H21N3O4/c1-4-7-16(8-9-18)12-6-5-11(14(19)15(2)3)10-13(12)17(20)21/h5-6,10,18H,4,7-9H2,1-3H3. The second-order valence-electron chi connectivity index (χ2n) is 4.87. The second kappa shape index (κ2) is 7.58. The van der Waals surface area contributed by atoms with Gasteiger partial charge in [-0.25, -0.2) is 0 Å². The molecule has 1 aromatic carbocycles. The number of aliphatic hydroxyl groups is 1. The number of nitrogens with zero attached hydrogens (tertiary/aromatic N) is 3. The Hall–Kier alpha value is -2.15. The molecule has 0 aliphatic carbocycles. The van der Waals surface area contributed by atoms with E-state index in [0.29, 0.717) is 18.8 Å². The van der Waals surface area contributed by atoms with Crippen LogP contribution in [0.2, 0.25) is 0 Å². The van der Waals surface area contributed by atoms with Crippen molar-refractivity contribution in [1.82, 2.24) is 4.90 Å². The Bertz CT molecular complexity index is 511. The zero-order valence-electron chi connectivity index (χ0n) is 12.6. The van der Waals surface area contributed by atoms with Gasteiger partial charge in [0.25, 0.3) is 11.6 Å². The molecule has 0 radical (unpaired) electrons. The molecule has 116 valence electrons. The van der Waals surface area contributed by atoms with Crippen LogP contribution in [-0.4, -0.2) is 54.6 Å². The van der Waals surface area contributed by atoms with Crippen molar-refractivity contribution >= 4 is 17.3 Å². The topological polar surface area (TPSA) is 86.9 Å². The van der Waals surface area contributed by atoms with Crippen LogP contribution < -0.4 is 4.90 Å².